The molecule has 0 saturated heterocycles. The fraction of sp³-hybridized carbons (Fsp3) is 0.545. The van der Waals surface area contributed by atoms with Crippen molar-refractivity contribution in [2.24, 2.45) is 0 Å². The fourth-order valence-electron chi connectivity index (χ4n) is 1.36. The van der Waals surface area contributed by atoms with Crippen molar-refractivity contribution in [1.82, 2.24) is 0 Å². The van der Waals surface area contributed by atoms with Gasteiger partial charge in [-0.1, -0.05) is 6.92 Å². The van der Waals surface area contributed by atoms with E-state index in [0.717, 1.165) is 6.07 Å². The summed E-state index contributed by atoms with van der Waals surface area (Å²) in [6.07, 6.45) is -5.23. The Kier molecular flexibility index (Phi) is 4.20. The normalized spacial score (nSPS) is 13.5. The molecule has 96 valence electrons. The van der Waals surface area contributed by atoms with Gasteiger partial charge in [-0.15, -0.1) is 0 Å². The lowest BCUT2D eigenvalue weighted by Gasteiger charge is -2.12. The minimum absolute atomic E-state index is 0.125. The van der Waals surface area contributed by atoms with Crippen molar-refractivity contribution in [3.8, 4) is 5.75 Å². The summed E-state index contributed by atoms with van der Waals surface area (Å²) >= 11 is 0. The van der Waals surface area contributed by atoms with Crippen LogP contribution >= 0.6 is 0 Å². The molecule has 1 atom stereocenters. The van der Waals surface area contributed by atoms with Gasteiger partial charge in [-0.3, -0.25) is 0 Å². The predicted molar refractivity (Wildman–Crippen MR) is 55.2 cm³/mol. The lowest BCUT2D eigenvalue weighted by atomic mass is 10.0. The van der Waals surface area contributed by atoms with Crippen LogP contribution in [0.2, 0.25) is 0 Å². The summed E-state index contributed by atoms with van der Waals surface area (Å²) in [7, 11) is 1.37. The van der Waals surface area contributed by atoms with Crippen LogP contribution < -0.4 is 10.4 Å². The molecule has 0 aliphatic heterocycles. The van der Waals surface area contributed by atoms with Crippen molar-refractivity contribution in [1.29, 1.82) is 0 Å². The molecule has 0 aliphatic carbocycles. The van der Waals surface area contributed by atoms with E-state index in [0.29, 0.717) is 0 Å². The fourth-order valence-corrected chi connectivity index (χ4v) is 1.36. The van der Waals surface area contributed by atoms with Crippen LogP contribution in [-0.2, 0) is 0 Å². The summed E-state index contributed by atoms with van der Waals surface area (Å²) < 4.78 is 45.8. The van der Waals surface area contributed by atoms with E-state index < -0.39 is 24.1 Å². The molecule has 0 fully saturated rings. The van der Waals surface area contributed by atoms with Crippen LogP contribution in [0.5, 0.6) is 5.75 Å². The van der Waals surface area contributed by atoms with E-state index in [9.17, 15) is 18.0 Å². The molecule has 0 radical (unpaired) electrons. The van der Waals surface area contributed by atoms with Crippen molar-refractivity contribution in [2.45, 2.75) is 31.9 Å². The van der Waals surface area contributed by atoms with E-state index in [-0.39, 0.29) is 17.9 Å². The van der Waals surface area contributed by atoms with Crippen LogP contribution in [-0.4, -0.2) is 13.3 Å². The standard InChI is InChI=1S/C11H13F3O3/c1-7(3-4-11(12,13)14)9-5-8(16-2)6-10(15)17-9/h5-7H,3-4H2,1-2H3/t7-/m1/s1. The number of hydrogen-bond acceptors (Lipinski definition) is 3. The second kappa shape index (κ2) is 5.25. The zero-order valence-corrected chi connectivity index (χ0v) is 9.50. The molecule has 0 N–H and O–H groups in total. The molecular formula is C11H13F3O3. The van der Waals surface area contributed by atoms with E-state index in [2.05, 4.69) is 0 Å². The third kappa shape index (κ3) is 4.50. The zero-order chi connectivity index (χ0) is 13.1. The van der Waals surface area contributed by atoms with E-state index in [4.69, 9.17) is 9.15 Å². The minimum atomic E-state index is -4.20. The summed E-state index contributed by atoms with van der Waals surface area (Å²) in [5, 5.41) is 0. The van der Waals surface area contributed by atoms with Gasteiger partial charge in [0.2, 0.25) is 0 Å². The molecule has 0 aliphatic rings. The van der Waals surface area contributed by atoms with Crippen LogP contribution in [0.15, 0.2) is 21.3 Å². The molecule has 0 spiro atoms. The second-order valence-corrected chi connectivity index (χ2v) is 3.77. The average Bonchev–Trinajstić information content (AvgIpc) is 2.23. The number of rotatable bonds is 4. The number of hydrogen-bond donors (Lipinski definition) is 0. The van der Waals surface area contributed by atoms with Crippen LogP contribution in [0.1, 0.15) is 31.4 Å². The van der Waals surface area contributed by atoms with E-state index >= 15 is 0 Å². The Morgan fingerprint density at radius 1 is 1.41 bits per heavy atom. The van der Waals surface area contributed by atoms with Crippen LogP contribution in [0.3, 0.4) is 0 Å². The highest BCUT2D eigenvalue weighted by Gasteiger charge is 2.28. The van der Waals surface area contributed by atoms with Gasteiger partial charge in [0, 0.05) is 18.4 Å². The smallest absolute Gasteiger partial charge is 0.389 e. The lowest BCUT2D eigenvalue weighted by Crippen LogP contribution is -2.10. The van der Waals surface area contributed by atoms with Crippen molar-refractivity contribution in [3.63, 3.8) is 0 Å². The van der Waals surface area contributed by atoms with Gasteiger partial charge >= 0.3 is 11.8 Å². The van der Waals surface area contributed by atoms with Gasteiger partial charge in [0.05, 0.1) is 13.2 Å². The number of ether oxygens (including phenoxy) is 1. The summed E-state index contributed by atoms with van der Waals surface area (Å²) in [4.78, 5) is 11.1. The zero-order valence-electron chi connectivity index (χ0n) is 9.50. The van der Waals surface area contributed by atoms with Crippen molar-refractivity contribution in [2.75, 3.05) is 7.11 Å². The van der Waals surface area contributed by atoms with Gasteiger partial charge in [0.15, 0.2) is 0 Å². The van der Waals surface area contributed by atoms with Gasteiger partial charge in [-0.25, -0.2) is 4.79 Å². The first-order valence-electron chi connectivity index (χ1n) is 5.07. The van der Waals surface area contributed by atoms with Crippen molar-refractivity contribution >= 4 is 0 Å². The van der Waals surface area contributed by atoms with Crippen molar-refractivity contribution < 1.29 is 22.3 Å². The minimum Gasteiger partial charge on any atom is -0.496 e. The Morgan fingerprint density at radius 2 is 2.06 bits per heavy atom. The third-order valence-electron chi connectivity index (χ3n) is 2.35. The monoisotopic (exact) mass is 250 g/mol. The Morgan fingerprint density at radius 3 is 2.59 bits per heavy atom. The first-order chi connectivity index (χ1) is 7.81. The highest BCUT2D eigenvalue weighted by atomic mass is 19.4. The van der Waals surface area contributed by atoms with Gasteiger partial charge in [0.1, 0.15) is 11.5 Å². The third-order valence-corrected chi connectivity index (χ3v) is 2.35. The molecule has 1 rings (SSSR count). The van der Waals surface area contributed by atoms with Crippen LogP contribution in [0, 0.1) is 0 Å². The Hall–Kier alpha value is -1.46. The Labute approximate surface area is 96.2 Å². The van der Waals surface area contributed by atoms with Gasteiger partial charge in [0.25, 0.3) is 0 Å². The Balaban J connectivity index is 2.78. The summed E-state index contributed by atoms with van der Waals surface area (Å²) in [5.41, 5.74) is -0.627. The maximum atomic E-state index is 12.0. The molecular weight excluding hydrogens is 237 g/mol. The predicted octanol–water partition coefficient (Wildman–Crippen LogP) is 3.09. The summed E-state index contributed by atoms with van der Waals surface area (Å²) in [6, 6.07) is 2.57. The molecule has 1 aromatic rings. The molecule has 1 heterocycles. The maximum absolute atomic E-state index is 12.0. The first kappa shape index (κ1) is 13.6. The lowest BCUT2D eigenvalue weighted by molar-refractivity contribution is -0.136. The molecule has 3 nitrogen and oxygen atoms in total. The molecule has 0 saturated carbocycles. The van der Waals surface area contributed by atoms with E-state index in [1.54, 1.807) is 6.92 Å². The number of alkyl halides is 3. The molecule has 1 aromatic heterocycles. The topological polar surface area (TPSA) is 39.4 Å². The quantitative estimate of drug-likeness (QED) is 0.824. The Bertz CT molecular complexity index is 423. The van der Waals surface area contributed by atoms with Crippen LogP contribution in [0.25, 0.3) is 0 Å². The van der Waals surface area contributed by atoms with Crippen LogP contribution in [0.4, 0.5) is 13.2 Å². The number of halogens is 3. The SMILES string of the molecule is COc1cc([C@H](C)CCC(F)(F)F)oc(=O)c1. The number of methoxy groups -OCH3 is 1. The highest BCUT2D eigenvalue weighted by molar-refractivity contribution is 5.22. The van der Waals surface area contributed by atoms with Gasteiger partial charge in [-0.05, 0) is 6.42 Å². The molecule has 0 amide bonds. The summed E-state index contributed by atoms with van der Waals surface area (Å²) in [5.74, 6) is 0.00753. The van der Waals surface area contributed by atoms with Gasteiger partial charge < -0.3 is 9.15 Å². The van der Waals surface area contributed by atoms with Gasteiger partial charge in [-0.2, -0.15) is 13.2 Å². The molecule has 0 bridgehead atoms. The van der Waals surface area contributed by atoms with E-state index in [1.807, 2.05) is 0 Å². The molecule has 0 unspecified atom stereocenters. The summed E-state index contributed by atoms with van der Waals surface area (Å²) in [6.45, 7) is 1.57. The second-order valence-electron chi connectivity index (χ2n) is 3.77. The first-order valence-corrected chi connectivity index (χ1v) is 5.07. The maximum Gasteiger partial charge on any atom is 0.389 e. The molecule has 6 heteroatoms. The van der Waals surface area contributed by atoms with Crippen molar-refractivity contribution in [3.05, 3.63) is 28.3 Å². The average molecular weight is 250 g/mol. The van der Waals surface area contributed by atoms with E-state index in [1.165, 1.54) is 13.2 Å². The highest BCUT2D eigenvalue weighted by Crippen LogP contribution is 2.29. The molecule has 17 heavy (non-hydrogen) atoms. The largest absolute Gasteiger partial charge is 0.496 e. The molecule has 0 aromatic carbocycles.